The highest BCUT2D eigenvalue weighted by Gasteiger charge is 2.23. The second kappa shape index (κ2) is 7.83. The van der Waals surface area contributed by atoms with Gasteiger partial charge in [-0.3, -0.25) is 4.90 Å². The van der Waals surface area contributed by atoms with Crippen LogP contribution in [0.1, 0.15) is 31.5 Å². The highest BCUT2D eigenvalue weighted by atomic mass is 16.5. The third-order valence-electron chi connectivity index (χ3n) is 5.38. The van der Waals surface area contributed by atoms with Crippen molar-refractivity contribution in [1.82, 2.24) is 34.8 Å². The third kappa shape index (κ3) is 3.52. The molecule has 1 fully saturated rings. The molecule has 4 heterocycles. The van der Waals surface area contributed by atoms with Crippen molar-refractivity contribution in [2.45, 2.75) is 26.3 Å². The molecule has 1 saturated heterocycles. The third-order valence-corrected chi connectivity index (χ3v) is 5.38. The van der Waals surface area contributed by atoms with Gasteiger partial charge in [0.15, 0.2) is 11.5 Å². The number of rotatable bonds is 5. The van der Waals surface area contributed by atoms with Crippen LogP contribution < -0.4 is 4.90 Å². The lowest BCUT2D eigenvalue weighted by Crippen LogP contribution is -2.46. The molecule has 30 heavy (non-hydrogen) atoms. The second-order valence-electron chi connectivity index (χ2n) is 7.79. The molecule has 9 heteroatoms. The molecule has 0 bridgehead atoms. The molecule has 0 radical (unpaired) electrons. The van der Waals surface area contributed by atoms with Gasteiger partial charge in [0.2, 0.25) is 5.89 Å². The standard InChI is InChI=1S/C21H24N8O/c1-15(2)19-25-18(30-26-19)13-27-8-10-28(11-9-27)20-17-12-24-29(21(17)23-14-22-20)16-6-4-3-5-7-16/h3-7,12,14-15H,8-11,13H2,1-2H3. The van der Waals surface area contributed by atoms with Gasteiger partial charge in [0, 0.05) is 32.1 Å². The summed E-state index contributed by atoms with van der Waals surface area (Å²) in [5.74, 6) is 2.65. The normalized spacial score (nSPS) is 15.4. The van der Waals surface area contributed by atoms with Crippen molar-refractivity contribution in [2.24, 2.45) is 0 Å². The number of piperazine rings is 1. The smallest absolute Gasteiger partial charge is 0.240 e. The SMILES string of the molecule is CC(C)c1noc(CN2CCN(c3ncnc4c3cnn4-c3ccccc3)CC2)n1. The van der Waals surface area contributed by atoms with Crippen molar-refractivity contribution in [3.63, 3.8) is 0 Å². The largest absolute Gasteiger partial charge is 0.353 e. The quantitative estimate of drug-likeness (QED) is 0.502. The topological polar surface area (TPSA) is 89.0 Å². The Morgan fingerprint density at radius 1 is 1.03 bits per heavy atom. The Morgan fingerprint density at radius 3 is 2.57 bits per heavy atom. The van der Waals surface area contributed by atoms with Crippen molar-refractivity contribution in [1.29, 1.82) is 0 Å². The van der Waals surface area contributed by atoms with Gasteiger partial charge in [0.05, 0.1) is 23.8 Å². The molecule has 9 nitrogen and oxygen atoms in total. The van der Waals surface area contributed by atoms with E-state index >= 15 is 0 Å². The minimum Gasteiger partial charge on any atom is -0.353 e. The van der Waals surface area contributed by atoms with Gasteiger partial charge in [-0.05, 0) is 12.1 Å². The summed E-state index contributed by atoms with van der Waals surface area (Å²) in [7, 11) is 0. The van der Waals surface area contributed by atoms with Crippen molar-refractivity contribution in [3.8, 4) is 5.69 Å². The van der Waals surface area contributed by atoms with Crippen LogP contribution in [0.3, 0.4) is 0 Å². The molecular weight excluding hydrogens is 380 g/mol. The lowest BCUT2D eigenvalue weighted by atomic mass is 10.2. The van der Waals surface area contributed by atoms with E-state index in [-0.39, 0.29) is 5.92 Å². The maximum Gasteiger partial charge on any atom is 0.240 e. The van der Waals surface area contributed by atoms with Crippen LogP contribution in [-0.4, -0.2) is 61.0 Å². The van der Waals surface area contributed by atoms with Crippen molar-refractivity contribution in [2.75, 3.05) is 31.1 Å². The van der Waals surface area contributed by atoms with Gasteiger partial charge in [-0.25, -0.2) is 14.6 Å². The van der Waals surface area contributed by atoms with Crippen LogP contribution in [0.25, 0.3) is 16.7 Å². The van der Waals surface area contributed by atoms with E-state index in [1.54, 1.807) is 6.33 Å². The highest BCUT2D eigenvalue weighted by molar-refractivity contribution is 5.87. The van der Waals surface area contributed by atoms with Crippen LogP contribution >= 0.6 is 0 Å². The Bertz CT molecular complexity index is 1130. The molecule has 0 aliphatic carbocycles. The van der Waals surface area contributed by atoms with Crippen LogP contribution in [0.15, 0.2) is 47.4 Å². The first-order chi connectivity index (χ1) is 14.7. The first kappa shape index (κ1) is 18.7. The fourth-order valence-corrected chi connectivity index (χ4v) is 3.72. The molecule has 0 N–H and O–H groups in total. The fraction of sp³-hybridized carbons (Fsp3) is 0.381. The zero-order chi connectivity index (χ0) is 20.5. The molecule has 1 aromatic carbocycles. The molecule has 0 spiro atoms. The summed E-state index contributed by atoms with van der Waals surface area (Å²) >= 11 is 0. The molecule has 1 aliphatic rings. The Morgan fingerprint density at radius 2 is 1.83 bits per heavy atom. The zero-order valence-electron chi connectivity index (χ0n) is 17.1. The van der Waals surface area contributed by atoms with E-state index in [0.717, 1.165) is 54.5 Å². The highest BCUT2D eigenvalue weighted by Crippen LogP contribution is 2.25. The molecule has 4 aromatic rings. The summed E-state index contributed by atoms with van der Waals surface area (Å²) in [5.41, 5.74) is 1.81. The monoisotopic (exact) mass is 404 g/mol. The Hall–Kier alpha value is -3.33. The number of fused-ring (bicyclic) bond motifs is 1. The Balaban J connectivity index is 1.31. The number of hydrogen-bond acceptors (Lipinski definition) is 8. The van der Waals surface area contributed by atoms with Gasteiger partial charge in [-0.15, -0.1) is 0 Å². The number of anilines is 1. The minimum atomic E-state index is 0.274. The first-order valence-corrected chi connectivity index (χ1v) is 10.2. The van der Waals surface area contributed by atoms with Crippen LogP contribution in [-0.2, 0) is 6.54 Å². The van der Waals surface area contributed by atoms with Gasteiger partial charge < -0.3 is 9.42 Å². The summed E-state index contributed by atoms with van der Waals surface area (Å²) in [5, 5.41) is 9.58. The average Bonchev–Trinajstić information content (AvgIpc) is 3.42. The summed E-state index contributed by atoms with van der Waals surface area (Å²) in [4.78, 5) is 18.2. The molecule has 3 aromatic heterocycles. The predicted octanol–water partition coefficient (Wildman–Crippen LogP) is 2.64. The van der Waals surface area contributed by atoms with Gasteiger partial charge in [-0.2, -0.15) is 10.1 Å². The lowest BCUT2D eigenvalue weighted by molar-refractivity contribution is 0.215. The van der Waals surface area contributed by atoms with Gasteiger partial charge in [-0.1, -0.05) is 37.2 Å². The van der Waals surface area contributed by atoms with Gasteiger partial charge >= 0.3 is 0 Å². The molecule has 0 saturated carbocycles. The number of benzene rings is 1. The van der Waals surface area contributed by atoms with Crippen molar-refractivity contribution >= 4 is 16.9 Å². The number of aromatic nitrogens is 6. The van der Waals surface area contributed by atoms with Crippen LogP contribution in [0.2, 0.25) is 0 Å². The van der Waals surface area contributed by atoms with E-state index in [9.17, 15) is 0 Å². The lowest BCUT2D eigenvalue weighted by Gasteiger charge is -2.34. The number of nitrogens with zero attached hydrogens (tertiary/aromatic N) is 8. The Labute approximate surface area is 174 Å². The molecule has 1 aliphatic heterocycles. The fourth-order valence-electron chi connectivity index (χ4n) is 3.72. The maximum absolute atomic E-state index is 5.39. The first-order valence-electron chi connectivity index (χ1n) is 10.2. The molecule has 0 atom stereocenters. The Kier molecular flexibility index (Phi) is 4.88. The summed E-state index contributed by atoms with van der Waals surface area (Å²) in [6, 6.07) is 10.0. The van der Waals surface area contributed by atoms with Crippen molar-refractivity contribution < 1.29 is 4.52 Å². The number of para-hydroxylation sites is 1. The van der Waals surface area contributed by atoms with Gasteiger partial charge in [0.25, 0.3) is 0 Å². The van der Waals surface area contributed by atoms with Crippen molar-refractivity contribution in [3.05, 3.63) is 54.6 Å². The van der Waals surface area contributed by atoms with E-state index in [2.05, 4.69) is 48.9 Å². The van der Waals surface area contributed by atoms with Gasteiger partial charge in [0.1, 0.15) is 12.1 Å². The summed E-state index contributed by atoms with van der Waals surface area (Å²) in [6.07, 6.45) is 3.48. The van der Waals surface area contributed by atoms with E-state index in [1.165, 1.54) is 0 Å². The van der Waals surface area contributed by atoms with E-state index < -0.39 is 0 Å². The molecular formula is C21H24N8O. The van der Waals surface area contributed by atoms with Crippen LogP contribution in [0, 0.1) is 0 Å². The number of hydrogen-bond donors (Lipinski definition) is 0. The molecule has 154 valence electrons. The van der Waals surface area contributed by atoms with Crippen LogP contribution in [0.5, 0.6) is 0 Å². The zero-order valence-corrected chi connectivity index (χ0v) is 17.1. The average molecular weight is 404 g/mol. The molecule has 0 amide bonds. The minimum absolute atomic E-state index is 0.274. The molecule has 5 rings (SSSR count). The summed E-state index contributed by atoms with van der Waals surface area (Å²) in [6.45, 7) is 8.35. The van der Waals surface area contributed by atoms with E-state index in [0.29, 0.717) is 12.4 Å². The maximum atomic E-state index is 5.39. The summed E-state index contributed by atoms with van der Waals surface area (Å²) < 4.78 is 7.25. The molecule has 0 unspecified atom stereocenters. The predicted molar refractivity (Wildman–Crippen MR) is 113 cm³/mol. The van der Waals surface area contributed by atoms with E-state index in [4.69, 9.17) is 4.52 Å². The van der Waals surface area contributed by atoms with Crippen LogP contribution in [0.4, 0.5) is 5.82 Å². The second-order valence-corrected chi connectivity index (χ2v) is 7.79. The van der Waals surface area contributed by atoms with E-state index in [1.807, 2.05) is 41.2 Å².